The maximum Gasteiger partial charge on any atom is 0.0931 e. The third-order valence-electron chi connectivity index (χ3n) is 3.02. The Bertz CT molecular complexity index is 551. The Morgan fingerprint density at radius 2 is 2.00 bits per heavy atom. The molecule has 2 aromatic rings. The van der Waals surface area contributed by atoms with E-state index in [0.29, 0.717) is 0 Å². The molecule has 0 spiro atoms. The molecule has 4 heteroatoms. The number of halogens is 2. The van der Waals surface area contributed by atoms with E-state index in [1.165, 1.54) is 10.4 Å². The summed E-state index contributed by atoms with van der Waals surface area (Å²) >= 11 is 14.0. The van der Waals surface area contributed by atoms with E-state index in [0.717, 1.165) is 27.9 Å². The van der Waals surface area contributed by atoms with Gasteiger partial charge in [0.2, 0.25) is 0 Å². The van der Waals surface area contributed by atoms with Gasteiger partial charge in [-0.25, -0.2) is 0 Å². The highest BCUT2D eigenvalue weighted by Gasteiger charge is 2.15. The standard InChI is InChI=1S/C15H17Cl2NS/c1-3-18-14(9-11-5-7-15(17)19-11)12-6-4-10(2)8-13(12)16/h4-8,14,18H,3,9H2,1-2H3. The van der Waals surface area contributed by atoms with Gasteiger partial charge in [0, 0.05) is 22.4 Å². The molecular weight excluding hydrogens is 297 g/mol. The quantitative estimate of drug-likeness (QED) is 0.794. The summed E-state index contributed by atoms with van der Waals surface area (Å²) in [5, 5.41) is 4.32. The second-order valence-corrected chi connectivity index (χ2v) is 6.75. The van der Waals surface area contributed by atoms with Crippen molar-refractivity contribution in [2.75, 3.05) is 6.54 Å². The highest BCUT2D eigenvalue weighted by molar-refractivity contribution is 7.16. The fourth-order valence-corrected chi connectivity index (χ4v) is 3.62. The number of thiophene rings is 1. The molecule has 0 bridgehead atoms. The number of likely N-dealkylation sites (N-methyl/N-ethyl adjacent to an activating group) is 1. The van der Waals surface area contributed by atoms with Gasteiger partial charge < -0.3 is 5.32 Å². The number of nitrogens with one attached hydrogen (secondary N) is 1. The fraction of sp³-hybridized carbons (Fsp3) is 0.333. The summed E-state index contributed by atoms with van der Waals surface area (Å²) in [5.74, 6) is 0. The molecule has 1 nitrogen and oxygen atoms in total. The van der Waals surface area contributed by atoms with Crippen LogP contribution in [-0.2, 0) is 6.42 Å². The molecular formula is C15H17Cl2NS. The van der Waals surface area contributed by atoms with Gasteiger partial charge in [-0.05, 0) is 42.8 Å². The molecule has 1 heterocycles. The van der Waals surface area contributed by atoms with Crippen LogP contribution in [0, 0.1) is 6.92 Å². The van der Waals surface area contributed by atoms with Crippen LogP contribution >= 0.6 is 34.5 Å². The summed E-state index contributed by atoms with van der Waals surface area (Å²) in [5.41, 5.74) is 2.34. The highest BCUT2D eigenvalue weighted by Crippen LogP contribution is 2.30. The average molecular weight is 314 g/mol. The maximum atomic E-state index is 6.37. The molecule has 19 heavy (non-hydrogen) atoms. The van der Waals surface area contributed by atoms with Crippen LogP contribution in [-0.4, -0.2) is 6.54 Å². The third kappa shape index (κ3) is 3.96. The predicted octanol–water partition coefficient (Wildman–Crippen LogP) is 5.26. The summed E-state index contributed by atoms with van der Waals surface area (Å²) in [6.45, 7) is 5.07. The van der Waals surface area contributed by atoms with Crippen LogP contribution in [0.25, 0.3) is 0 Å². The van der Waals surface area contributed by atoms with Crippen molar-refractivity contribution in [1.29, 1.82) is 0 Å². The number of hydrogen-bond acceptors (Lipinski definition) is 2. The molecule has 0 aliphatic heterocycles. The Hall–Kier alpha value is -0.540. The number of aryl methyl sites for hydroxylation is 1. The molecule has 0 radical (unpaired) electrons. The van der Waals surface area contributed by atoms with Crippen molar-refractivity contribution < 1.29 is 0 Å². The van der Waals surface area contributed by atoms with Crippen LogP contribution < -0.4 is 5.32 Å². The third-order valence-corrected chi connectivity index (χ3v) is 4.60. The van der Waals surface area contributed by atoms with E-state index in [9.17, 15) is 0 Å². The molecule has 2 rings (SSSR count). The van der Waals surface area contributed by atoms with E-state index in [2.05, 4.69) is 37.4 Å². The second-order valence-electron chi connectivity index (χ2n) is 4.55. The lowest BCUT2D eigenvalue weighted by atomic mass is 10.0. The van der Waals surface area contributed by atoms with E-state index in [4.69, 9.17) is 23.2 Å². The minimum Gasteiger partial charge on any atom is -0.310 e. The van der Waals surface area contributed by atoms with Gasteiger partial charge in [-0.15, -0.1) is 11.3 Å². The summed E-state index contributed by atoms with van der Waals surface area (Å²) in [4.78, 5) is 1.27. The lowest BCUT2D eigenvalue weighted by molar-refractivity contribution is 0.553. The number of rotatable bonds is 5. The van der Waals surface area contributed by atoms with E-state index in [1.54, 1.807) is 11.3 Å². The molecule has 0 aliphatic rings. The second kappa shape index (κ2) is 6.76. The molecule has 1 aromatic carbocycles. The van der Waals surface area contributed by atoms with Crippen molar-refractivity contribution in [1.82, 2.24) is 5.32 Å². The molecule has 0 saturated heterocycles. The topological polar surface area (TPSA) is 12.0 Å². The van der Waals surface area contributed by atoms with Gasteiger partial charge in [0.1, 0.15) is 0 Å². The van der Waals surface area contributed by atoms with Crippen molar-refractivity contribution in [2.45, 2.75) is 26.3 Å². The van der Waals surface area contributed by atoms with Crippen molar-refractivity contribution in [3.63, 3.8) is 0 Å². The lowest BCUT2D eigenvalue weighted by Gasteiger charge is -2.19. The summed E-state index contributed by atoms with van der Waals surface area (Å²) in [6, 6.07) is 10.5. The van der Waals surface area contributed by atoms with E-state index < -0.39 is 0 Å². The normalized spacial score (nSPS) is 12.6. The smallest absolute Gasteiger partial charge is 0.0931 e. The summed E-state index contributed by atoms with van der Waals surface area (Å²) < 4.78 is 0.834. The minimum atomic E-state index is 0.229. The molecule has 1 aromatic heterocycles. The minimum absolute atomic E-state index is 0.229. The van der Waals surface area contributed by atoms with Crippen molar-refractivity contribution in [2.24, 2.45) is 0 Å². The first-order valence-corrected chi connectivity index (χ1v) is 7.91. The highest BCUT2D eigenvalue weighted by atomic mass is 35.5. The molecule has 0 fully saturated rings. The Morgan fingerprint density at radius 1 is 1.21 bits per heavy atom. The first-order valence-electron chi connectivity index (χ1n) is 6.33. The Morgan fingerprint density at radius 3 is 2.58 bits per heavy atom. The van der Waals surface area contributed by atoms with Gasteiger partial charge >= 0.3 is 0 Å². The zero-order valence-electron chi connectivity index (χ0n) is 11.0. The van der Waals surface area contributed by atoms with Gasteiger partial charge in [-0.1, -0.05) is 42.3 Å². The van der Waals surface area contributed by atoms with Crippen LogP contribution in [0.3, 0.4) is 0 Å². The first kappa shape index (κ1) is 14.9. The van der Waals surface area contributed by atoms with E-state index in [-0.39, 0.29) is 6.04 Å². The van der Waals surface area contributed by atoms with Crippen LogP contribution in [0.15, 0.2) is 30.3 Å². The molecule has 0 amide bonds. The number of hydrogen-bond donors (Lipinski definition) is 1. The zero-order chi connectivity index (χ0) is 13.8. The van der Waals surface area contributed by atoms with Gasteiger partial charge in [0.15, 0.2) is 0 Å². The predicted molar refractivity (Wildman–Crippen MR) is 85.6 cm³/mol. The Labute approximate surface area is 128 Å². The Balaban J connectivity index is 2.23. The number of benzene rings is 1. The van der Waals surface area contributed by atoms with Gasteiger partial charge in [0.25, 0.3) is 0 Å². The van der Waals surface area contributed by atoms with Gasteiger partial charge in [0.05, 0.1) is 4.34 Å². The molecule has 1 atom stereocenters. The molecule has 1 unspecified atom stereocenters. The van der Waals surface area contributed by atoms with E-state index >= 15 is 0 Å². The van der Waals surface area contributed by atoms with Crippen LogP contribution in [0.1, 0.15) is 29.0 Å². The van der Waals surface area contributed by atoms with Crippen molar-refractivity contribution in [3.05, 3.63) is 55.7 Å². The first-order chi connectivity index (χ1) is 9.10. The Kier molecular flexibility index (Phi) is 5.28. The largest absolute Gasteiger partial charge is 0.310 e. The lowest BCUT2D eigenvalue weighted by Crippen LogP contribution is -2.23. The molecule has 0 saturated carbocycles. The van der Waals surface area contributed by atoms with Crippen LogP contribution in [0.5, 0.6) is 0 Å². The zero-order valence-corrected chi connectivity index (χ0v) is 13.4. The molecule has 102 valence electrons. The molecule has 0 aliphatic carbocycles. The van der Waals surface area contributed by atoms with Gasteiger partial charge in [-0.2, -0.15) is 0 Å². The SMILES string of the molecule is CCNC(Cc1ccc(Cl)s1)c1ccc(C)cc1Cl. The van der Waals surface area contributed by atoms with Crippen LogP contribution in [0.4, 0.5) is 0 Å². The fourth-order valence-electron chi connectivity index (χ4n) is 2.12. The monoisotopic (exact) mass is 313 g/mol. The summed E-state index contributed by atoms with van der Waals surface area (Å²) in [7, 11) is 0. The van der Waals surface area contributed by atoms with Crippen LogP contribution in [0.2, 0.25) is 9.36 Å². The van der Waals surface area contributed by atoms with Crippen molar-refractivity contribution >= 4 is 34.5 Å². The van der Waals surface area contributed by atoms with Gasteiger partial charge in [-0.3, -0.25) is 0 Å². The van der Waals surface area contributed by atoms with Crippen molar-refractivity contribution in [3.8, 4) is 0 Å². The summed E-state index contributed by atoms with van der Waals surface area (Å²) in [6.07, 6.45) is 0.911. The average Bonchev–Trinajstić information content (AvgIpc) is 2.74. The maximum absolute atomic E-state index is 6.37. The molecule has 1 N–H and O–H groups in total. The van der Waals surface area contributed by atoms with E-state index in [1.807, 2.05) is 12.1 Å².